The van der Waals surface area contributed by atoms with Crippen molar-refractivity contribution in [3.63, 3.8) is 0 Å². The molecule has 9 heteroatoms. The highest BCUT2D eigenvalue weighted by Gasteiger charge is 2.13. The molecule has 0 aliphatic heterocycles. The molecule has 2 aromatic rings. The molecule has 2 rings (SSSR count). The summed E-state index contributed by atoms with van der Waals surface area (Å²) in [5.41, 5.74) is 6.08. The van der Waals surface area contributed by atoms with E-state index in [-0.39, 0.29) is 5.56 Å². The summed E-state index contributed by atoms with van der Waals surface area (Å²) >= 11 is 0. The first-order valence-corrected chi connectivity index (χ1v) is 7.78. The van der Waals surface area contributed by atoms with Gasteiger partial charge in [0.05, 0.1) is 25.5 Å². The highest BCUT2D eigenvalue weighted by Crippen LogP contribution is 2.28. The summed E-state index contributed by atoms with van der Waals surface area (Å²) in [6.45, 7) is -0.477. The molecule has 0 atom stereocenters. The number of ether oxygens (including phenoxy) is 3. The first kappa shape index (κ1) is 19.6. The number of urea groups is 1. The smallest absolute Gasteiger partial charge is 0.338 e. The van der Waals surface area contributed by atoms with Crippen molar-refractivity contribution in [3.05, 3.63) is 48.0 Å². The first-order valence-electron chi connectivity index (χ1n) is 7.78. The fourth-order valence-corrected chi connectivity index (χ4v) is 2.13. The van der Waals surface area contributed by atoms with Crippen molar-refractivity contribution in [2.45, 2.75) is 0 Å². The Kier molecular flexibility index (Phi) is 6.59. The number of esters is 1. The van der Waals surface area contributed by atoms with E-state index in [1.54, 1.807) is 18.2 Å². The van der Waals surface area contributed by atoms with Gasteiger partial charge in [0.1, 0.15) is 11.5 Å². The minimum atomic E-state index is -0.712. The van der Waals surface area contributed by atoms with Gasteiger partial charge in [0.2, 0.25) is 0 Å². The zero-order valence-corrected chi connectivity index (χ0v) is 14.8. The third-order valence-corrected chi connectivity index (χ3v) is 3.41. The Bertz CT molecular complexity index is 835. The van der Waals surface area contributed by atoms with E-state index in [4.69, 9.17) is 19.9 Å². The van der Waals surface area contributed by atoms with Gasteiger partial charge in [0.25, 0.3) is 5.91 Å². The van der Waals surface area contributed by atoms with Crippen LogP contribution in [-0.4, -0.2) is 38.7 Å². The van der Waals surface area contributed by atoms with E-state index in [9.17, 15) is 14.4 Å². The maximum absolute atomic E-state index is 12.0. The first-order chi connectivity index (χ1) is 12.9. The van der Waals surface area contributed by atoms with E-state index in [2.05, 4.69) is 10.6 Å². The molecular weight excluding hydrogens is 354 g/mol. The molecule has 27 heavy (non-hydrogen) atoms. The van der Waals surface area contributed by atoms with Crippen molar-refractivity contribution in [1.82, 2.24) is 0 Å². The van der Waals surface area contributed by atoms with Gasteiger partial charge in [-0.05, 0) is 36.4 Å². The van der Waals surface area contributed by atoms with Crippen LogP contribution in [0.1, 0.15) is 10.4 Å². The van der Waals surface area contributed by atoms with Crippen molar-refractivity contribution >= 4 is 29.3 Å². The lowest BCUT2D eigenvalue weighted by Crippen LogP contribution is -2.21. The number of nitrogens with one attached hydrogen (secondary N) is 2. The number of primary amides is 1. The highest BCUT2D eigenvalue weighted by molar-refractivity contribution is 5.96. The predicted octanol–water partition coefficient (Wildman–Crippen LogP) is 1.99. The summed E-state index contributed by atoms with van der Waals surface area (Å²) in [4.78, 5) is 34.8. The maximum atomic E-state index is 12.0. The number of hydrogen-bond donors (Lipinski definition) is 3. The molecule has 0 radical (unpaired) electrons. The van der Waals surface area contributed by atoms with E-state index in [1.807, 2.05) is 0 Å². The van der Waals surface area contributed by atoms with Crippen molar-refractivity contribution < 1.29 is 28.6 Å². The molecule has 142 valence electrons. The van der Waals surface area contributed by atoms with Crippen molar-refractivity contribution in [2.75, 3.05) is 31.5 Å². The lowest BCUT2D eigenvalue weighted by molar-refractivity contribution is -0.119. The Morgan fingerprint density at radius 1 is 0.963 bits per heavy atom. The Morgan fingerprint density at radius 3 is 2.26 bits per heavy atom. The molecule has 0 aliphatic carbocycles. The maximum Gasteiger partial charge on any atom is 0.338 e. The minimum Gasteiger partial charge on any atom is -0.497 e. The number of anilines is 2. The molecular formula is C18H19N3O6. The number of nitrogens with two attached hydrogens (primary N) is 1. The van der Waals surface area contributed by atoms with E-state index < -0.39 is 24.5 Å². The SMILES string of the molecule is COc1ccc(NC(=O)COC(=O)c2ccc(NC(N)=O)cc2)c(OC)c1. The number of rotatable bonds is 7. The zero-order chi connectivity index (χ0) is 19.8. The monoisotopic (exact) mass is 373 g/mol. The van der Waals surface area contributed by atoms with Crippen LogP contribution in [0.15, 0.2) is 42.5 Å². The van der Waals surface area contributed by atoms with Gasteiger partial charge in [-0.3, -0.25) is 4.79 Å². The van der Waals surface area contributed by atoms with Crippen LogP contribution in [0, 0.1) is 0 Å². The number of carbonyl (C=O) groups is 3. The molecule has 0 saturated heterocycles. The van der Waals surface area contributed by atoms with Crippen LogP contribution in [0.3, 0.4) is 0 Å². The molecule has 0 bridgehead atoms. The van der Waals surface area contributed by atoms with Gasteiger partial charge in [-0.15, -0.1) is 0 Å². The number of methoxy groups -OCH3 is 2. The van der Waals surface area contributed by atoms with Crippen LogP contribution < -0.4 is 25.8 Å². The standard InChI is InChI=1S/C18H19N3O6/c1-25-13-7-8-14(15(9-13)26-2)21-16(22)10-27-17(23)11-3-5-12(6-4-11)20-18(19)24/h3-9H,10H2,1-2H3,(H,21,22)(H3,19,20,24). The van der Waals surface area contributed by atoms with Crippen LogP contribution in [0.5, 0.6) is 11.5 Å². The van der Waals surface area contributed by atoms with Crippen LogP contribution in [-0.2, 0) is 9.53 Å². The lowest BCUT2D eigenvalue weighted by Gasteiger charge is -2.12. The second-order valence-electron chi connectivity index (χ2n) is 5.26. The van der Waals surface area contributed by atoms with Gasteiger partial charge in [-0.1, -0.05) is 0 Å². The molecule has 0 fully saturated rings. The summed E-state index contributed by atoms with van der Waals surface area (Å²) in [7, 11) is 2.98. The molecule has 0 aliphatic rings. The Labute approximate surface area is 155 Å². The van der Waals surface area contributed by atoms with Gasteiger partial charge in [0, 0.05) is 11.8 Å². The average molecular weight is 373 g/mol. The molecule has 0 saturated carbocycles. The normalized spacial score (nSPS) is 9.85. The van der Waals surface area contributed by atoms with E-state index in [0.717, 1.165) is 0 Å². The van der Waals surface area contributed by atoms with Crippen molar-refractivity contribution in [1.29, 1.82) is 0 Å². The second kappa shape index (κ2) is 9.09. The molecule has 0 heterocycles. The number of amides is 3. The summed E-state index contributed by atoms with van der Waals surface area (Å²) < 4.78 is 15.2. The quantitative estimate of drug-likeness (QED) is 0.637. The van der Waals surface area contributed by atoms with Gasteiger partial charge >= 0.3 is 12.0 Å². The van der Waals surface area contributed by atoms with E-state index in [1.165, 1.54) is 38.5 Å². The lowest BCUT2D eigenvalue weighted by atomic mass is 10.2. The number of carbonyl (C=O) groups excluding carboxylic acids is 3. The number of benzene rings is 2. The van der Waals surface area contributed by atoms with E-state index in [0.29, 0.717) is 22.9 Å². The fraction of sp³-hybridized carbons (Fsp3) is 0.167. The van der Waals surface area contributed by atoms with Crippen LogP contribution in [0.4, 0.5) is 16.2 Å². The van der Waals surface area contributed by atoms with Gasteiger partial charge in [0.15, 0.2) is 6.61 Å². The molecule has 2 aromatic carbocycles. The molecule has 3 amide bonds. The van der Waals surface area contributed by atoms with Crippen molar-refractivity contribution in [3.8, 4) is 11.5 Å². The third-order valence-electron chi connectivity index (χ3n) is 3.41. The van der Waals surface area contributed by atoms with Crippen LogP contribution >= 0.6 is 0 Å². The third kappa shape index (κ3) is 5.63. The molecule has 0 aromatic heterocycles. The molecule has 9 nitrogen and oxygen atoms in total. The summed E-state index contributed by atoms with van der Waals surface area (Å²) in [5, 5.41) is 4.96. The fourth-order valence-electron chi connectivity index (χ4n) is 2.13. The summed E-state index contributed by atoms with van der Waals surface area (Å²) in [6, 6.07) is 10.0. The largest absolute Gasteiger partial charge is 0.497 e. The van der Waals surface area contributed by atoms with Crippen LogP contribution in [0.2, 0.25) is 0 Å². The van der Waals surface area contributed by atoms with Crippen molar-refractivity contribution in [2.24, 2.45) is 5.73 Å². The topological polar surface area (TPSA) is 129 Å². The predicted molar refractivity (Wildman–Crippen MR) is 98.1 cm³/mol. The second-order valence-corrected chi connectivity index (χ2v) is 5.26. The Hall–Kier alpha value is -3.75. The summed E-state index contributed by atoms with van der Waals surface area (Å²) in [5.74, 6) is -0.228. The van der Waals surface area contributed by atoms with Crippen LogP contribution in [0.25, 0.3) is 0 Å². The Balaban J connectivity index is 1.91. The average Bonchev–Trinajstić information content (AvgIpc) is 2.66. The molecule has 4 N–H and O–H groups in total. The molecule has 0 spiro atoms. The van der Waals surface area contributed by atoms with Gasteiger partial charge in [-0.25, -0.2) is 9.59 Å². The van der Waals surface area contributed by atoms with Gasteiger partial charge < -0.3 is 30.6 Å². The minimum absolute atomic E-state index is 0.222. The van der Waals surface area contributed by atoms with E-state index >= 15 is 0 Å². The van der Waals surface area contributed by atoms with Gasteiger partial charge in [-0.2, -0.15) is 0 Å². The zero-order valence-electron chi connectivity index (χ0n) is 14.8. The molecule has 0 unspecified atom stereocenters. The Morgan fingerprint density at radius 2 is 1.67 bits per heavy atom. The summed E-state index contributed by atoms with van der Waals surface area (Å²) in [6.07, 6.45) is 0. The highest BCUT2D eigenvalue weighted by atomic mass is 16.5. The number of hydrogen-bond acceptors (Lipinski definition) is 6.